The molecule has 1 aliphatic rings. The molecular weight excluding hydrogens is 328 g/mol. The Kier molecular flexibility index (Phi) is 4.13. The monoisotopic (exact) mass is 346 g/mol. The van der Waals surface area contributed by atoms with Crippen molar-refractivity contribution in [3.05, 3.63) is 77.6 Å². The first-order valence-corrected chi connectivity index (χ1v) is 8.60. The molecule has 0 saturated heterocycles. The average molecular weight is 346 g/mol. The maximum atomic E-state index is 12.7. The summed E-state index contributed by atoms with van der Waals surface area (Å²) in [6.45, 7) is 1.50. The topological polar surface area (TPSA) is 61.2 Å². The van der Waals surface area contributed by atoms with Crippen molar-refractivity contribution in [2.45, 2.75) is 25.7 Å². The second kappa shape index (κ2) is 6.59. The van der Waals surface area contributed by atoms with Crippen molar-refractivity contribution in [3.63, 3.8) is 0 Å². The number of para-hydroxylation sites is 1. The standard InChI is InChI=1S/C21H18N2O3/c1-14(24)15-9-11-18(12-10-15)26-21(25)20-13-19(16-7-8-16)22-23(20)17-5-3-2-4-6-17/h2-6,9-13,16H,7-8H2,1H3. The minimum Gasteiger partial charge on any atom is -0.422 e. The van der Waals surface area contributed by atoms with Crippen LogP contribution in [0, 0.1) is 0 Å². The number of ketones is 1. The van der Waals surface area contributed by atoms with Gasteiger partial charge in [0.05, 0.1) is 11.4 Å². The Morgan fingerprint density at radius 3 is 2.35 bits per heavy atom. The minimum absolute atomic E-state index is 0.0286. The highest BCUT2D eigenvalue weighted by Crippen LogP contribution is 2.39. The highest BCUT2D eigenvalue weighted by Gasteiger charge is 2.29. The summed E-state index contributed by atoms with van der Waals surface area (Å²) in [6, 6.07) is 17.9. The Bertz CT molecular complexity index is 955. The molecular formula is C21H18N2O3. The van der Waals surface area contributed by atoms with E-state index in [2.05, 4.69) is 5.10 Å². The molecule has 1 aliphatic carbocycles. The lowest BCUT2D eigenvalue weighted by molar-refractivity contribution is 0.0725. The van der Waals surface area contributed by atoms with Crippen LogP contribution in [0.1, 0.15) is 52.2 Å². The fourth-order valence-corrected chi connectivity index (χ4v) is 2.81. The van der Waals surface area contributed by atoms with Gasteiger partial charge in [0.25, 0.3) is 0 Å². The zero-order valence-corrected chi connectivity index (χ0v) is 14.4. The summed E-state index contributed by atoms with van der Waals surface area (Å²) in [7, 11) is 0. The van der Waals surface area contributed by atoms with Gasteiger partial charge in [0.15, 0.2) is 11.5 Å². The molecule has 0 N–H and O–H groups in total. The van der Waals surface area contributed by atoms with Crippen molar-refractivity contribution in [1.29, 1.82) is 0 Å². The predicted molar refractivity (Wildman–Crippen MR) is 96.9 cm³/mol. The van der Waals surface area contributed by atoms with Crippen LogP contribution >= 0.6 is 0 Å². The maximum absolute atomic E-state index is 12.7. The van der Waals surface area contributed by atoms with Gasteiger partial charge in [-0.2, -0.15) is 5.10 Å². The van der Waals surface area contributed by atoms with Gasteiger partial charge >= 0.3 is 5.97 Å². The summed E-state index contributed by atoms with van der Waals surface area (Å²) in [6.07, 6.45) is 2.21. The van der Waals surface area contributed by atoms with E-state index in [0.717, 1.165) is 24.2 Å². The summed E-state index contributed by atoms with van der Waals surface area (Å²) in [5, 5.41) is 4.61. The summed E-state index contributed by atoms with van der Waals surface area (Å²) in [5.41, 5.74) is 2.72. The number of ether oxygens (including phenoxy) is 1. The fourth-order valence-electron chi connectivity index (χ4n) is 2.81. The van der Waals surface area contributed by atoms with Crippen LogP contribution < -0.4 is 4.74 Å². The Morgan fingerprint density at radius 2 is 1.73 bits per heavy atom. The number of Topliss-reactive ketones (excluding diaryl/α,β-unsaturated/α-hetero) is 1. The molecule has 26 heavy (non-hydrogen) atoms. The molecule has 1 aromatic heterocycles. The molecule has 0 amide bonds. The van der Waals surface area contributed by atoms with E-state index in [4.69, 9.17) is 4.74 Å². The SMILES string of the molecule is CC(=O)c1ccc(OC(=O)c2cc(C3CC3)nn2-c2ccccc2)cc1. The number of nitrogens with zero attached hydrogens (tertiary/aromatic N) is 2. The lowest BCUT2D eigenvalue weighted by Gasteiger charge is -2.08. The second-order valence-electron chi connectivity index (χ2n) is 6.45. The third kappa shape index (κ3) is 3.28. The van der Waals surface area contributed by atoms with Crippen molar-refractivity contribution in [2.75, 3.05) is 0 Å². The number of hydrogen-bond acceptors (Lipinski definition) is 4. The van der Waals surface area contributed by atoms with Crippen molar-refractivity contribution in [3.8, 4) is 11.4 Å². The molecule has 0 unspecified atom stereocenters. The molecule has 0 aliphatic heterocycles. The van der Waals surface area contributed by atoms with Gasteiger partial charge in [0.1, 0.15) is 5.75 Å². The van der Waals surface area contributed by atoms with Gasteiger partial charge in [0.2, 0.25) is 0 Å². The third-order valence-electron chi connectivity index (χ3n) is 4.41. The molecule has 0 spiro atoms. The van der Waals surface area contributed by atoms with Crippen LogP contribution in [0.4, 0.5) is 0 Å². The summed E-state index contributed by atoms with van der Waals surface area (Å²) < 4.78 is 7.14. The molecule has 0 radical (unpaired) electrons. The van der Waals surface area contributed by atoms with Gasteiger partial charge in [-0.3, -0.25) is 4.79 Å². The van der Waals surface area contributed by atoms with E-state index in [1.54, 1.807) is 28.9 Å². The van der Waals surface area contributed by atoms with E-state index >= 15 is 0 Å². The number of carbonyl (C=O) groups excluding carboxylic acids is 2. The molecule has 5 heteroatoms. The van der Waals surface area contributed by atoms with Crippen LogP contribution in [0.2, 0.25) is 0 Å². The van der Waals surface area contributed by atoms with Crippen LogP contribution in [-0.4, -0.2) is 21.5 Å². The van der Waals surface area contributed by atoms with E-state index in [1.165, 1.54) is 6.92 Å². The van der Waals surface area contributed by atoms with E-state index in [9.17, 15) is 9.59 Å². The molecule has 5 nitrogen and oxygen atoms in total. The number of hydrogen-bond donors (Lipinski definition) is 0. The van der Waals surface area contributed by atoms with Gasteiger partial charge in [-0.15, -0.1) is 0 Å². The van der Waals surface area contributed by atoms with Gasteiger partial charge in [0, 0.05) is 11.5 Å². The van der Waals surface area contributed by atoms with E-state index < -0.39 is 5.97 Å². The highest BCUT2D eigenvalue weighted by atomic mass is 16.5. The number of carbonyl (C=O) groups is 2. The van der Waals surface area contributed by atoms with Crippen molar-refractivity contribution < 1.29 is 14.3 Å². The van der Waals surface area contributed by atoms with Crippen LogP contribution in [0.25, 0.3) is 5.69 Å². The van der Waals surface area contributed by atoms with Crippen LogP contribution in [-0.2, 0) is 0 Å². The van der Waals surface area contributed by atoms with E-state index in [0.29, 0.717) is 22.9 Å². The summed E-state index contributed by atoms with van der Waals surface area (Å²) >= 11 is 0. The third-order valence-corrected chi connectivity index (χ3v) is 4.41. The van der Waals surface area contributed by atoms with Crippen LogP contribution in [0.5, 0.6) is 5.75 Å². The van der Waals surface area contributed by atoms with Gasteiger partial charge in [-0.1, -0.05) is 18.2 Å². The Labute approximate surface area is 151 Å². The van der Waals surface area contributed by atoms with Gasteiger partial charge < -0.3 is 4.74 Å². The van der Waals surface area contributed by atoms with Crippen molar-refractivity contribution in [2.24, 2.45) is 0 Å². The van der Waals surface area contributed by atoms with Gasteiger partial charge in [-0.25, -0.2) is 9.48 Å². The van der Waals surface area contributed by atoms with Gasteiger partial charge in [-0.05, 0) is 62.2 Å². The minimum atomic E-state index is -0.469. The largest absolute Gasteiger partial charge is 0.422 e. The molecule has 2 aromatic carbocycles. The van der Waals surface area contributed by atoms with Crippen molar-refractivity contribution in [1.82, 2.24) is 9.78 Å². The Balaban J connectivity index is 1.63. The lowest BCUT2D eigenvalue weighted by atomic mass is 10.1. The predicted octanol–water partition coefficient (Wildman–Crippen LogP) is 4.17. The fraction of sp³-hybridized carbons (Fsp3) is 0.190. The first kappa shape index (κ1) is 16.3. The second-order valence-corrected chi connectivity index (χ2v) is 6.45. The molecule has 0 bridgehead atoms. The number of benzene rings is 2. The van der Waals surface area contributed by atoms with E-state index in [-0.39, 0.29) is 5.78 Å². The quantitative estimate of drug-likeness (QED) is 0.395. The normalized spacial score (nSPS) is 13.4. The molecule has 3 aromatic rings. The van der Waals surface area contributed by atoms with Crippen LogP contribution in [0.15, 0.2) is 60.7 Å². The first-order valence-electron chi connectivity index (χ1n) is 8.60. The highest BCUT2D eigenvalue weighted by molar-refractivity contribution is 5.94. The Morgan fingerprint density at radius 1 is 1.04 bits per heavy atom. The number of rotatable bonds is 5. The summed E-state index contributed by atoms with van der Waals surface area (Å²) in [5.74, 6) is 0.332. The maximum Gasteiger partial charge on any atom is 0.362 e. The van der Waals surface area contributed by atoms with E-state index in [1.807, 2.05) is 36.4 Å². The first-order chi connectivity index (χ1) is 12.6. The molecule has 1 saturated carbocycles. The number of esters is 1. The number of aromatic nitrogens is 2. The average Bonchev–Trinajstić information content (AvgIpc) is 3.41. The Hall–Kier alpha value is -3.21. The lowest BCUT2D eigenvalue weighted by Crippen LogP contribution is -2.14. The molecule has 0 atom stereocenters. The molecule has 130 valence electrons. The molecule has 1 fully saturated rings. The van der Waals surface area contributed by atoms with Crippen LogP contribution in [0.3, 0.4) is 0 Å². The molecule has 4 rings (SSSR count). The smallest absolute Gasteiger partial charge is 0.362 e. The zero-order valence-electron chi connectivity index (χ0n) is 14.4. The van der Waals surface area contributed by atoms with Crippen molar-refractivity contribution >= 4 is 11.8 Å². The molecule has 1 heterocycles. The summed E-state index contributed by atoms with van der Waals surface area (Å²) in [4.78, 5) is 24.1. The zero-order chi connectivity index (χ0) is 18.1.